The predicted octanol–water partition coefficient (Wildman–Crippen LogP) is 1.75. The highest BCUT2D eigenvalue weighted by atomic mass is 32.2. The smallest absolute Gasteiger partial charge is 0.185 e. The van der Waals surface area contributed by atoms with Crippen LogP contribution in [-0.4, -0.2) is 59.7 Å². The summed E-state index contributed by atoms with van der Waals surface area (Å²) >= 11 is 3.70. The summed E-state index contributed by atoms with van der Waals surface area (Å²) in [6.07, 6.45) is 5.61. The second-order valence-corrected chi connectivity index (χ2v) is 7.22. The minimum atomic E-state index is 0.765. The topological polar surface area (TPSA) is 22.6 Å². The number of rotatable bonds is 4. The molecule has 4 rings (SSSR count). The van der Waals surface area contributed by atoms with Crippen LogP contribution in [0.4, 0.5) is 5.13 Å². The third-order valence-corrected chi connectivity index (χ3v) is 5.80. The Labute approximate surface area is 117 Å². The van der Waals surface area contributed by atoms with E-state index in [0.29, 0.717) is 0 Å². The molecule has 3 aliphatic rings. The minimum absolute atomic E-state index is 0.765. The van der Waals surface area contributed by atoms with Gasteiger partial charge in [0.05, 0.1) is 0 Å². The number of aromatic nitrogens is 1. The molecule has 100 valence electrons. The van der Waals surface area contributed by atoms with Crippen molar-refractivity contribution in [3.63, 3.8) is 0 Å². The Balaban J connectivity index is 1.61. The standard InChI is InChI=1S/C12H20N4S2/c1-14(2)12-13-5-11(18-12)8-16-9-4-10(16)7-15(6-9)17-3/h5,9-10H,4,6-8H2,1-3H3. The maximum atomic E-state index is 4.46. The van der Waals surface area contributed by atoms with Gasteiger partial charge >= 0.3 is 0 Å². The van der Waals surface area contributed by atoms with Gasteiger partial charge in [0.1, 0.15) is 0 Å². The molecule has 2 atom stereocenters. The van der Waals surface area contributed by atoms with Gasteiger partial charge in [0.25, 0.3) is 0 Å². The molecule has 0 aliphatic carbocycles. The van der Waals surface area contributed by atoms with Crippen LogP contribution >= 0.6 is 23.3 Å². The molecule has 18 heavy (non-hydrogen) atoms. The summed E-state index contributed by atoms with van der Waals surface area (Å²) in [5.41, 5.74) is 0. The van der Waals surface area contributed by atoms with E-state index in [-0.39, 0.29) is 0 Å². The van der Waals surface area contributed by atoms with Gasteiger partial charge in [0.15, 0.2) is 5.13 Å². The van der Waals surface area contributed by atoms with Gasteiger partial charge in [-0.25, -0.2) is 9.29 Å². The number of hydrogen-bond donors (Lipinski definition) is 0. The van der Waals surface area contributed by atoms with Crippen LogP contribution in [0.5, 0.6) is 0 Å². The first-order valence-electron chi connectivity index (χ1n) is 6.34. The maximum Gasteiger partial charge on any atom is 0.185 e. The molecule has 2 bridgehead atoms. The van der Waals surface area contributed by atoms with E-state index >= 15 is 0 Å². The van der Waals surface area contributed by atoms with Gasteiger partial charge in [0.2, 0.25) is 0 Å². The van der Waals surface area contributed by atoms with E-state index in [9.17, 15) is 0 Å². The van der Waals surface area contributed by atoms with Crippen LogP contribution in [0.3, 0.4) is 0 Å². The molecule has 0 radical (unpaired) electrons. The van der Waals surface area contributed by atoms with E-state index in [1.54, 1.807) is 0 Å². The Bertz CT molecular complexity index is 408. The molecular weight excluding hydrogens is 264 g/mol. The number of hydrogen-bond acceptors (Lipinski definition) is 6. The summed E-state index contributed by atoms with van der Waals surface area (Å²) in [6.45, 7) is 3.52. The third kappa shape index (κ3) is 2.27. The Morgan fingerprint density at radius 1 is 1.44 bits per heavy atom. The van der Waals surface area contributed by atoms with Gasteiger partial charge in [-0.15, -0.1) is 11.3 Å². The summed E-state index contributed by atoms with van der Waals surface area (Å²) in [5.74, 6) is 0. The first-order valence-corrected chi connectivity index (χ1v) is 8.34. The molecule has 0 saturated carbocycles. The van der Waals surface area contributed by atoms with E-state index in [2.05, 4.69) is 39.4 Å². The number of anilines is 1. The third-order valence-electron chi connectivity index (χ3n) is 3.83. The van der Waals surface area contributed by atoms with Crippen LogP contribution in [0.2, 0.25) is 0 Å². The highest BCUT2D eigenvalue weighted by molar-refractivity contribution is 7.96. The van der Waals surface area contributed by atoms with Gasteiger partial charge in [-0.2, -0.15) is 0 Å². The van der Waals surface area contributed by atoms with Crippen LogP contribution < -0.4 is 4.90 Å². The molecule has 0 spiro atoms. The van der Waals surface area contributed by atoms with Crippen LogP contribution in [0.15, 0.2) is 6.20 Å². The molecule has 3 saturated heterocycles. The summed E-state index contributed by atoms with van der Waals surface area (Å²) in [7, 11) is 4.11. The van der Waals surface area contributed by atoms with Crippen molar-refractivity contribution in [3.8, 4) is 0 Å². The van der Waals surface area contributed by atoms with Crippen molar-refractivity contribution in [2.45, 2.75) is 25.0 Å². The highest BCUT2D eigenvalue weighted by Gasteiger charge is 2.44. The van der Waals surface area contributed by atoms with E-state index < -0.39 is 0 Å². The molecule has 0 N–H and O–H groups in total. The van der Waals surface area contributed by atoms with Crippen molar-refractivity contribution in [1.82, 2.24) is 14.2 Å². The number of piperidine rings is 1. The van der Waals surface area contributed by atoms with E-state index in [1.807, 2.05) is 29.5 Å². The number of piperazine rings is 1. The lowest BCUT2D eigenvalue weighted by Crippen LogP contribution is -2.66. The zero-order chi connectivity index (χ0) is 12.7. The summed E-state index contributed by atoms with van der Waals surface area (Å²) in [4.78, 5) is 10.6. The van der Waals surface area contributed by atoms with Gasteiger partial charge in [-0.1, -0.05) is 11.9 Å². The van der Waals surface area contributed by atoms with Gasteiger partial charge in [0, 0.05) is 56.9 Å². The average Bonchev–Trinajstić information content (AvgIpc) is 2.85. The average molecular weight is 284 g/mol. The van der Waals surface area contributed by atoms with Crippen molar-refractivity contribution in [2.75, 3.05) is 38.3 Å². The number of nitrogens with zero attached hydrogens (tertiary/aromatic N) is 4. The molecule has 1 aromatic rings. The quantitative estimate of drug-likeness (QED) is 0.784. The molecule has 1 aromatic heterocycles. The fraction of sp³-hybridized carbons (Fsp3) is 0.750. The fourth-order valence-electron chi connectivity index (χ4n) is 2.81. The van der Waals surface area contributed by atoms with Crippen molar-refractivity contribution >= 4 is 28.4 Å². The lowest BCUT2D eigenvalue weighted by Gasteiger charge is -2.55. The Kier molecular flexibility index (Phi) is 3.53. The number of thiazole rings is 1. The van der Waals surface area contributed by atoms with Crippen molar-refractivity contribution < 1.29 is 0 Å². The zero-order valence-electron chi connectivity index (χ0n) is 11.2. The number of fused-ring (bicyclic) bond motifs is 2. The van der Waals surface area contributed by atoms with Gasteiger partial charge in [-0.3, -0.25) is 4.90 Å². The molecule has 2 unspecified atom stereocenters. The Morgan fingerprint density at radius 3 is 2.72 bits per heavy atom. The van der Waals surface area contributed by atoms with Gasteiger partial charge in [-0.05, 0) is 12.7 Å². The monoisotopic (exact) mass is 284 g/mol. The molecule has 3 fully saturated rings. The maximum absolute atomic E-state index is 4.46. The van der Waals surface area contributed by atoms with Crippen molar-refractivity contribution in [2.24, 2.45) is 0 Å². The molecule has 0 amide bonds. The van der Waals surface area contributed by atoms with E-state index in [1.165, 1.54) is 24.4 Å². The normalized spacial score (nSPS) is 28.2. The van der Waals surface area contributed by atoms with Crippen LogP contribution in [0.1, 0.15) is 11.3 Å². The van der Waals surface area contributed by atoms with Crippen LogP contribution in [-0.2, 0) is 6.54 Å². The second kappa shape index (κ2) is 5.00. The van der Waals surface area contributed by atoms with Crippen molar-refractivity contribution in [1.29, 1.82) is 0 Å². The molecule has 6 heteroatoms. The van der Waals surface area contributed by atoms with E-state index in [4.69, 9.17) is 0 Å². The van der Waals surface area contributed by atoms with Crippen molar-refractivity contribution in [3.05, 3.63) is 11.1 Å². The molecule has 4 nitrogen and oxygen atoms in total. The molecule has 3 aliphatic heterocycles. The SMILES string of the molecule is CSN1CC2CC(C1)N2Cc1cnc(N(C)C)s1. The van der Waals surface area contributed by atoms with Crippen LogP contribution in [0.25, 0.3) is 0 Å². The minimum Gasteiger partial charge on any atom is -0.354 e. The molecule has 0 aromatic carbocycles. The van der Waals surface area contributed by atoms with Crippen LogP contribution in [0, 0.1) is 0 Å². The Morgan fingerprint density at radius 2 is 2.17 bits per heavy atom. The second-order valence-electron chi connectivity index (χ2n) is 5.25. The van der Waals surface area contributed by atoms with E-state index in [0.717, 1.165) is 23.8 Å². The first-order chi connectivity index (χ1) is 8.67. The fourth-order valence-corrected chi connectivity index (χ4v) is 4.30. The first kappa shape index (κ1) is 12.7. The molecular formula is C12H20N4S2. The summed E-state index contributed by atoms with van der Waals surface area (Å²) in [5, 5.41) is 1.11. The molecule has 4 heterocycles. The predicted molar refractivity (Wildman–Crippen MR) is 79.3 cm³/mol. The lowest BCUT2D eigenvalue weighted by atomic mass is 9.89. The zero-order valence-corrected chi connectivity index (χ0v) is 12.8. The van der Waals surface area contributed by atoms with Gasteiger partial charge < -0.3 is 4.90 Å². The highest BCUT2D eigenvalue weighted by Crippen LogP contribution is 2.36. The summed E-state index contributed by atoms with van der Waals surface area (Å²) in [6, 6.07) is 1.53. The summed E-state index contributed by atoms with van der Waals surface area (Å²) < 4.78 is 2.49. The lowest BCUT2D eigenvalue weighted by molar-refractivity contribution is -0.0462. The largest absolute Gasteiger partial charge is 0.354 e. The Hall–Kier alpha value is -0.300.